The SMILES string of the molecule is CCCC[S+](CCCC)CCCC.C[S+](C)C.Cc1cc([S+](c2ccccc2)c2ccccc2)cc(C)c1OC(=O)c1ccc(C(=O)Oc2c(C)cc([S+](c3ccccc3)c3ccccc3)cc2C)cc1.Cc1cc([S+](c2ccccc2)c2ccccc2)cc(C)c1OS(=O)(=O)C(F)(F)F. The van der Waals surface area contributed by atoms with Gasteiger partial charge in [0.1, 0.15) is 34.5 Å². The van der Waals surface area contributed by atoms with E-state index in [1.54, 1.807) is 36.4 Å². The summed E-state index contributed by atoms with van der Waals surface area (Å²) in [4.78, 5) is 36.9. The summed E-state index contributed by atoms with van der Waals surface area (Å²) in [6, 6.07) is 79.5. The maximum atomic E-state index is 13.4. The molecule has 0 aliphatic rings. The quantitative estimate of drug-likeness (QED) is 0.0195. The van der Waals surface area contributed by atoms with Crippen LogP contribution >= 0.6 is 0 Å². The van der Waals surface area contributed by atoms with Gasteiger partial charge < -0.3 is 13.7 Å². The molecule has 0 amide bonds. The van der Waals surface area contributed by atoms with Crippen LogP contribution in [-0.4, -0.2) is 61.9 Å². The van der Waals surface area contributed by atoms with E-state index in [-0.39, 0.29) is 27.5 Å². The van der Waals surface area contributed by atoms with Crippen molar-refractivity contribution >= 4 is 76.5 Å². The summed E-state index contributed by atoms with van der Waals surface area (Å²) in [6.45, 7) is 17.9. The minimum Gasteiger partial charge on any atom is -0.422 e. The molecule has 0 aliphatic carbocycles. The molecule has 10 aromatic carbocycles. The van der Waals surface area contributed by atoms with Gasteiger partial charge in [0.25, 0.3) is 0 Å². The second kappa shape index (κ2) is 39.6. The van der Waals surface area contributed by atoms with E-state index in [1.165, 1.54) is 89.2 Å². The lowest BCUT2D eigenvalue weighted by Crippen LogP contribution is -2.28. The molecule has 10 aromatic rings. The predicted molar refractivity (Wildman–Crippen MR) is 417 cm³/mol. The number of esters is 2. The summed E-state index contributed by atoms with van der Waals surface area (Å²) >= 11 is 0. The molecule has 0 atom stereocenters. The van der Waals surface area contributed by atoms with Gasteiger partial charge in [-0.25, -0.2) is 9.59 Å². The zero-order valence-corrected chi connectivity index (χ0v) is 64.3. The van der Waals surface area contributed by atoms with Crippen molar-refractivity contribution in [2.45, 2.75) is 150 Å². The van der Waals surface area contributed by atoms with Gasteiger partial charge in [0.2, 0.25) is 0 Å². The van der Waals surface area contributed by atoms with Gasteiger partial charge in [-0.3, -0.25) is 0 Å². The second-order valence-electron chi connectivity index (χ2n) is 24.3. The number of benzene rings is 10. The molecule has 0 aromatic heterocycles. The van der Waals surface area contributed by atoms with Crippen molar-refractivity contribution in [3.8, 4) is 17.2 Å². The molecule has 10 rings (SSSR count). The highest BCUT2D eigenvalue weighted by molar-refractivity contribution is 7.98. The number of unbranched alkanes of at least 4 members (excludes halogenated alkanes) is 3. The van der Waals surface area contributed by atoms with E-state index in [9.17, 15) is 31.2 Å². The molecule has 0 saturated heterocycles. The van der Waals surface area contributed by atoms with Gasteiger partial charge in [0, 0.05) is 36.4 Å². The molecule has 0 fully saturated rings. The van der Waals surface area contributed by atoms with Crippen LogP contribution in [0.4, 0.5) is 13.2 Å². The molecule has 100 heavy (non-hydrogen) atoms. The van der Waals surface area contributed by atoms with Crippen LogP contribution in [0.1, 0.15) is 113 Å². The Bertz CT molecular complexity index is 3900. The van der Waals surface area contributed by atoms with Gasteiger partial charge in [-0.15, -0.1) is 0 Å². The Hall–Kier alpha value is -7.57. The van der Waals surface area contributed by atoms with Crippen LogP contribution in [0.2, 0.25) is 0 Å². The number of ether oxygens (including phenoxy) is 2. The Morgan fingerprint density at radius 1 is 0.350 bits per heavy atom. The lowest BCUT2D eigenvalue weighted by atomic mass is 10.1. The molecule has 7 nitrogen and oxygen atoms in total. The van der Waals surface area contributed by atoms with Crippen LogP contribution < -0.4 is 13.7 Å². The molecule has 0 unspecified atom stereocenters. The summed E-state index contributed by atoms with van der Waals surface area (Å²) in [6.07, 6.45) is 15.1. The molecule has 0 bridgehead atoms. The summed E-state index contributed by atoms with van der Waals surface area (Å²) in [5, 5.41) is 0. The van der Waals surface area contributed by atoms with Crippen molar-refractivity contribution in [2.75, 3.05) is 36.0 Å². The third-order valence-corrected chi connectivity index (χ3v) is 25.6. The smallest absolute Gasteiger partial charge is 0.422 e. The number of alkyl halides is 3. The first-order valence-electron chi connectivity index (χ1n) is 33.5. The van der Waals surface area contributed by atoms with E-state index in [4.69, 9.17) is 9.47 Å². The van der Waals surface area contributed by atoms with Crippen LogP contribution in [0.5, 0.6) is 17.2 Å². The summed E-state index contributed by atoms with van der Waals surface area (Å²) < 4.78 is 77.4. The first-order chi connectivity index (χ1) is 47.9. The maximum Gasteiger partial charge on any atom is 0.534 e. The van der Waals surface area contributed by atoms with Crippen molar-refractivity contribution < 1.29 is 44.8 Å². The Labute approximate surface area is 607 Å². The Kier molecular flexibility index (Phi) is 31.6. The number of aryl methyl sites for hydroxylation is 6. The van der Waals surface area contributed by atoms with Crippen molar-refractivity contribution in [1.29, 1.82) is 0 Å². The maximum absolute atomic E-state index is 13.4. The first-order valence-corrected chi connectivity index (χ1v) is 42.8. The van der Waals surface area contributed by atoms with E-state index < -0.39 is 38.5 Å². The van der Waals surface area contributed by atoms with Crippen molar-refractivity contribution in [3.63, 3.8) is 0 Å². The highest BCUT2D eigenvalue weighted by Crippen LogP contribution is 2.40. The molecule has 524 valence electrons. The Morgan fingerprint density at radius 2 is 0.560 bits per heavy atom. The van der Waals surface area contributed by atoms with Gasteiger partial charge in [0.05, 0.1) is 62.6 Å². The van der Waals surface area contributed by atoms with Gasteiger partial charge in [0.15, 0.2) is 44.1 Å². The standard InChI is InChI=1S/C48H40O4S2.C21H18F3O3S2.C12H27S.C3H9S/c1-33-29-43(53(39-17-9-5-10-18-39)40-19-11-6-12-20-40)30-34(2)45(33)51-47(49)37-25-27-38(28-26-37)48(50)52-46-35(3)31-44(32-36(46)4)54(41-21-13-7-14-22-41)42-23-15-8-16-24-42;1-15-13-19(14-16(2)20(15)27-29(25,26)21(22,23)24)28(17-9-5-3-6-10-17)18-11-7-4-8-12-18;1-4-7-10-13(11-8-5-2)12-9-6-3;1-4(2)3/h5-32H,1-4H3;3-14H,1-2H3;4-12H2,1-3H3;1-3H3/q+2;3*+1. The molecule has 0 spiro atoms. The number of hydrogen-bond acceptors (Lipinski definition) is 7. The lowest BCUT2D eigenvalue weighted by molar-refractivity contribution is -0.0500. The van der Waals surface area contributed by atoms with E-state index in [0.29, 0.717) is 44.6 Å². The average molecular weight is 1470 g/mol. The number of carbonyl (C=O) groups excluding carboxylic acids is 2. The monoisotopic (exact) mass is 1460 g/mol. The predicted octanol–water partition coefficient (Wildman–Crippen LogP) is 21.7. The molecule has 0 heterocycles. The third kappa shape index (κ3) is 23.2. The summed E-state index contributed by atoms with van der Waals surface area (Å²) in [7, 11) is -5.47. The molecule has 0 radical (unpaired) electrons. The summed E-state index contributed by atoms with van der Waals surface area (Å²) in [5.41, 5.74) is -0.671. The highest BCUT2D eigenvalue weighted by atomic mass is 32.2. The van der Waals surface area contributed by atoms with Crippen LogP contribution in [0.15, 0.2) is 287 Å². The van der Waals surface area contributed by atoms with E-state index in [0.717, 1.165) is 57.6 Å². The van der Waals surface area contributed by atoms with Gasteiger partial charge in [-0.2, -0.15) is 21.6 Å². The van der Waals surface area contributed by atoms with E-state index >= 15 is 0 Å². The fourth-order valence-electron chi connectivity index (χ4n) is 10.7. The molecule has 0 aliphatic heterocycles. The average Bonchev–Trinajstić information content (AvgIpc) is 0.799. The molecule has 0 N–H and O–H groups in total. The largest absolute Gasteiger partial charge is 0.534 e. The minimum absolute atomic E-state index is 0.296. The fourth-order valence-corrected chi connectivity index (χ4v) is 20.7. The van der Waals surface area contributed by atoms with Crippen molar-refractivity contribution in [3.05, 3.63) is 287 Å². The molecule has 16 heteroatoms. The van der Waals surface area contributed by atoms with Crippen LogP contribution in [0.25, 0.3) is 0 Å². The minimum atomic E-state index is -5.73. The summed E-state index contributed by atoms with van der Waals surface area (Å²) in [5.74, 6) is 4.32. The van der Waals surface area contributed by atoms with Gasteiger partial charge >= 0.3 is 27.6 Å². The van der Waals surface area contributed by atoms with E-state index in [2.05, 4.69) is 165 Å². The Balaban J connectivity index is 0.000000253. The zero-order chi connectivity index (χ0) is 72.4. The second-order valence-corrected chi connectivity index (χ2v) is 36.8. The third-order valence-electron chi connectivity index (χ3n) is 15.5. The topological polar surface area (TPSA) is 96.0 Å². The van der Waals surface area contributed by atoms with E-state index in [1.807, 2.05) is 113 Å². The highest BCUT2D eigenvalue weighted by Gasteiger charge is 2.49. The molecule has 0 saturated carbocycles. The lowest BCUT2D eigenvalue weighted by Gasteiger charge is -2.15. The van der Waals surface area contributed by atoms with Crippen LogP contribution in [0, 0.1) is 41.5 Å². The van der Waals surface area contributed by atoms with Crippen molar-refractivity contribution in [2.24, 2.45) is 0 Å². The zero-order valence-electron chi connectivity index (χ0n) is 59.4. The normalized spacial score (nSPS) is 11.3. The van der Waals surface area contributed by atoms with Gasteiger partial charge in [-0.1, -0.05) is 149 Å². The van der Waals surface area contributed by atoms with Gasteiger partial charge in [-0.05, 0) is 213 Å². The number of halogens is 3. The van der Waals surface area contributed by atoms with Crippen molar-refractivity contribution in [1.82, 2.24) is 0 Å². The first kappa shape index (κ1) is 79.8. The number of carbonyl (C=O) groups is 2. The Morgan fingerprint density at radius 3 is 0.760 bits per heavy atom. The van der Waals surface area contributed by atoms with Crippen LogP contribution in [-0.2, 0) is 64.6 Å². The molecular formula is C84H94F3O7S6+5. The van der Waals surface area contributed by atoms with Crippen LogP contribution in [0.3, 0.4) is 0 Å². The number of rotatable bonds is 24. The fraction of sp³-hybridized carbons (Fsp3) is 0.262. The molecular weight excluding hydrogens is 1370 g/mol. The number of hydrogen-bond donors (Lipinski definition) is 0.